The van der Waals surface area contributed by atoms with Gasteiger partial charge in [-0.05, 0) is 113 Å². The highest BCUT2D eigenvalue weighted by Crippen LogP contribution is 2.50. The SMILES string of the molecule is Cc1nc2ccccc2n1[C@H]1C[C@H]2CC[C@@](C)(C1)N2CCC1(c2cccc(F)c2)CCN(C(=O)c2cc(NS(=O)(=O)C(F)(F)F)c(F)cc2Cl)CC1. The molecule has 3 aliphatic heterocycles. The Hall–Kier alpha value is -3.75. The number of fused-ring (bicyclic) bond motifs is 3. The van der Waals surface area contributed by atoms with Gasteiger partial charge in [0.25, 0.3) is 5.91 Å². The molecule has 2 bridgehead atoms. The van der Waals surface area contributed by atoms with Crippen molar-refractivity contribution in [3.05, 3.63) is 94.3 Å². The number of benzene rings is 3. The Bertz CT molecular complexity index is 2140. The number of carbonyl (C=O) groups is 1. The predicted octanol–water partition coefficient (Wildman–Crippen LogP) is 8.36. The van der Waals surface area contributed by atoms with E-state index in [0.29, 0.717) is 43.5 Å². The van der Waals surface area contributed by atoms with Gasteiger partial charge in [0.15, 0.2) is 0 Å². The number of amides is 1. The van der Waals surface area contributed by atoms with Crippen LogP contribution in [0.5, 0.6) is 0 Å². The van der Waals surface area contributed by atoms with Crippen molar-refractivity contribution in [3.8, 4) is 0 Å². The molecule has 3 atom stereocenters. The van der Waals surface area contributed by atoms with Crippen LogP contribution in [0.4, 0.5) is 27.6 Å². The third-order valence-electron chi connectivity index (χ3n) is 11.6. The van der Waals surface area contributed by atoms with E-state index in [0.717, 1.165) is 54.6 Å². The van der Waals surface area contributed by atoms with E-state index < -0.39 is 38.4 Å². The van der Waals surface area contributed by atoms with Gasteiger partial charge in [0.1, 0.15) is 17.5 Å². The fourth-order valence-corrected chi connectivity index (χ4v) is 9.79. The Labute approximate surface area is 304 Å². The second-order valence-electron chi connectivity index (χ2n) is 14.7. The molecule has 1 aromatic heterocycles. The van der Waals surface area contributed by atoms with Crippen molar-refractivity contribution in [2.75, 3.05) is 24.4 Å². The molecule has 0 spiro atoms. The highest BCUT2D eigenvalue weighted by atomic mass is 35.5. The van der Waals surface area contributed by atoms with Crippen LogP contribution in [0, 0.1) is 18.6 Å². The number of hydrogen-bond donors (Lipinski definition) is 1. The summed E-state index contributed by atoms with van der Waals surface area (Å²) in [6.45, 7) is 5.59. The molecule has 0 aliphatic carbocycles. The van der Waals surface area contributed by atoms with E-state index in [1.807, 2.05) is 24.3 Å². The quantitative estimate of drug-likeness (QED) is 0.182. The second kappa shape index (κ2) is 13.3. The number of alkyl halides is 3. The number of anilines is 1. The maximum Gasteiger partial charge on any atom is 0.516 e. The Morgan fingerprint density at radius 3 is 2.44 bits per heavy atom. The molecule has 1 amide bonds. The summed E-state index contributed by atoms with van der Waals surface area (Å²) in [6.07, 6.45) is 5.75. The lowest BCUT2D eigenvalue weighted by molar-refractivity contribution is -0.0429. The lowest BCUT2D eigenvalue weighted by Gasteiger charge is -2.49. The van der Waals surface area contributed by atoms with Gasteiger partial charge in [-0.1, -0.05) is 35.9 Å². The average molecular weight is 764 g/mol. The minimum atomic E-state index is -5.95. The van der Waals surface area contributed by atoms with Gasteiger partial charge in [0.05, 0.1) is 27.3 Å². The van der Waals surface area contributed by atoms with Crippen LogP contribution in [-0.2, 0) is 15.4 Å². The number of para-hydroxylation sites is 2. The number of imidazole rings is 1. The topological polar surface area (TPSA) is 87.5 Å². The van der Waals surface area contributed by atoms with Crippen molar-refractivity contribution in [3.63, 3.8) is 0 Å². The average Bonchev–Trinajstić information content (AvgIpc) is 3.52. The third kappa shape index (κ3) is 6.55. The van der Waals surface area contributed by atoms with Gasteiger partial charge in [0, 0.05) is 30.7 Å². The first-order chi connectivity index (χ1) is 24.5. The summed E-state index contributed by atoms with van der Waals surface area (Å²) >= 11 is 6.17. The van der Waals surface area contributed by atoms with E-state index in [9.17, 15) is 35.2 Å². The predicted molar refractivity (Wildman–Crippen MR) is 189 cm³/mol. The van der Waals surface area contributed by atoms with Gasteiger partial charge in [-0.2, -0.15) is 21.6 Å². The number of sulfonamides is 1. The minimum absolute atomic E-state index is 0.0458. The summed E-state index contributed by atoms with van der Waals surface area (Å²) in [6, 6.07) is 16.7. The first kappa shape index (κ1) is 36.6. The number of nitrogens with one attached hydrogen (secondary N) is 1. The van der Waals surface area contributed by atoms with Crippen LogP contribution in [0.1, 0.15) is 79.7 Å². The summed E-state index contributed by atoms with van der Waals surface area (Å²) in [5, 5.41) is -0.370. The molecule has 7 rings (SSSR count). The van der Waals surface area contributed by atoms with Crippen molar-refractivity contribution in [2.45, 2.75) is 87.3 Å². The van der Waals surface area contributed by atoms with Crippen LogP contribution < -0.4 is 4.72 Å². The van der Waals surface area contributed by atoms with Crippen LogP contribution in [0.25, 0.3) is 11.0 Å². The molecule has 278 valence electrons. The molecule has 0 radical (unpaired) electrons. The smallest absolute Gasteiger partial charge is 0.339 e. The Morgan fingerprint density at radius 1 is 1.02 bits per heavy atom. The maximum absolute atomic E-state index is 14.7. The van der Waals surface area contributed by atoms with E-state index in [4.69, 9.17) is 16.6 Å². The van der Waals surface area contributed by atoms with Gasteiger partial charge in [0.2, 0.25) is 0 Å². The van der Waals surface area contributed by atoms with Crippen molar-refractivity contribution >= 4 is 44.3 Å². The number of piperidine rings is 2. The molecule has 3 fully saturated rings. The summed E-state index contributed by atoms with van der Waals surface area (Å²) in [5.74, 6) is -1.40. The van der Waals surface area contributed by atoms with E-state index in [1.54, 1.807) is 12.1 Å². The molecular weight excluding hydrogens is 725 g/mol. The summed E-state index contributed by atoms with van der Waals surface area (Å²) in [5.41, 5.74) is -4.64. The van der Waals surface area contributed by atoms with Crippen LogP contribution >= 0.6 is 11.6 Å². The van der Waals surface area contributed by atoms with E-state index in [1.165, 1.54) is 15.7 Å². The van der Waals surface area contributed by atoms with Crippen molar-refractivity contribution in [1.29, 1.82) is 0 Å². The molecule has 0 unspecified atom stereocenters. The highest BCUT2D eigenvalue weighted by molar-refractivity contribution is 7.93. The molecule has 3 aromatic carbocycles. The normalized spacial score (nSPS) is 23.7. The Morgan fingerprint density at radius 2 is 1.75 bits per heavy atom. The standard InChI is InChI=1S/C37H39ClF5N5O3S/c1-23-44-31-8-3-4-9-33(31)48(23)27-19-26-10-11-35(2,22-27)47(26)17-14-36(24-6-5-7-25(39)18-24)12-15-46(16-13-36)34(49)28-20-32(30(40)21-29(28)38)45-52(50,51)37(41,42)43/h3-9,18,20-21,26-27,45H,10-17,19,22H2,1-2H3/t26-,27+,35+/m1/s1. The maximum atomic E-state index is 14.7. The highest BCUT2D eigenvalue weighted by Gasteiger charge is 2.51. The van der Waals surface area contributed by atoms with Gasteiger partial charge in [-0.3, -0.25) is 14.4 Å². The van der Waals surface area contributed by atoms with Crippen LogP contribution in [0.3, 0.4) is 0 Å². The van der Waals surface area contributed by atoms with Crippen molar-refractivity contribution in [2.24, 2.45) is 0 Å². The minimum Gasteiger partial charge on any atom is -0.339 e. The number of nitrogens with zero attached hydrogens (tertiary/aromatic N) is 4. The zero-order valence-electron chi connectivity index (χ0n) is 28.7. The number of hydrogen-bond acceptors (Lipinski definition) is 5. The lowest BCUT2D eigenvalue weighted by Crippen LogP contribution is -2.53. The summed E-state index contributed by atoms with van der Waals surface area (Å²) in [4.78, 5) is 22.6. The molecule has 4 heterocycles. The number of rotatable bonds is 8. The third-order valence-corrected chi connectivity index (χ3v) is 13.0. The van der Waals surface area contributed by atoms with Gasteiger partial charge in [-0.15, -0.1) is 0 Å². The number of carbonyl (C=O) groups excluding carboxylic acids is 1. The number of halogens is 6. The molecular formula is C37H39ClF5N5O3S. The Kier molecular flexibility index (Phi) is 9.35. The number of aromatic nitrogens is 2. The molecule has 4 aromatic rings. The van der Waals surface area contributed by atoms with Crippen LogP contribution in [0.15, 0.2) is 60.7 Å². The monoisotopic (exact) mass is 763 g/mol. The molecule has 52 heavy (non-hydrogen) atoms. The molecule has 3 aliphatic rings. The number of likely N-dealkylation sites (tertiary alicyclic amines) is 1. The van der Waals surface area contributed by atoms with Crippen LogP contribution in [0.2, 0.25) is 5.02 Å². The fourth-order valence-electron chi connectivity index (χ4n) is 9.00. The number of aryl methyl sites for hydroxylation is 1. The molecule has 15 heteroatoms. The van der Waals surface area contributed by atoms with E-state index in [2.05, 4.69) is 29.4 Å². The molecule has 3 saturated heterocycles. The molecule has 0 saturated carbocycles. The largest absolute Gasteiger partial charge is 0.516 e. The van der Waals surface area contributed by atoms with E-state index >= 15 is 0 Å². The van der Waals surface area contributed by atoms with Crippen molar-refractivity contribution < 1.29 is 35.2 Å². The zero-order chi connectivity index (χ0) is 37.2. The van der Waals surface area contributed by atoms with Gasteiger partial charge >= 0.3 is 15.5 Å². The van der Waals surface area contributed by atoms with E-state index in [-0.39, 0.29) is 35.0 Å². The van der Waals surface area contributed by atoms with Gasteiger partial charge < -0.3 is 9.47 Å². The Balaban J connectivity index is 1.09. The molecule has 8 nitrogen and oxygen atoms in total. The van der Waals surface area contributed by atoms with Crippen molar-refractivity contribution in [1.82, 2.24) is 19.4 Å². The zero-order valence-corrected chi connectivity index (χ0v) is 30.3. The summed E-state index contributed by atoms with van der Waals surface area (Å²) < 4.78 is 95.2. The fraction of sp³-hybridized carbons (Fsp3) is 0.459. The lowest BCUT2D eigenvalue weighted by atomic mass is 9.70. The summed E-state index contributed by atoms with van der Waals surface area (Å²) in [7, 11) is -5.95. The first-order valence-electron chi connectivity index (χ1n) is 17.3. The first-order valence-corrected chi connectivity index (χ1v) is 19.2. The van der Waals surface area contributed by atoms with Gasteiger partial charge in [-0.25, -0.2) is 13.8 Å². The second-order valence-corrected chi connectivity index (χ2v) is 16.8. The van der Waals surface area contributed by atoms with Crippen LogP contribution in [-0.4, -0.2) is 70.4 Å². The molecule has 1 N–H and O–H groups in total.